The maximum atomic E-state index is 12.7. The normalized spacial score (nSPS) is 20.2. The van der Waals surface area contributed by atoms with Gasteiger partial charge < -0.3 is 9.13 Å². The fourth-order valence-electron chi connectivity index (χ4n) is 2.30. The summed E-state index contributed by atoms with van der Waals surface area (Å²) in [5.74, 6) is 0. The lowest BCUT2D eigenvalue weighted by Gasteiger charge is -2.44. The summed E-state index contributed by atoms with van der Waals surface area (Å²) >= 11 is 0. The van der Waals surface area contributed by atoms with Crippen molar-refractivity contribution in [3.63, 3.8) is 0 Å². The van der Waals surface area contributed by atoms with E-state index in [1.165, 1.54) is 19.3 Å². The number of amides is 2. The second-order valence-electron chi connectivity index (χ2n) is 6.99. The number of hydrogen-bond donors (Lipinski definition) is 0. The van der Waals surface area contributed by atoms with Crippen molar-refractivity contribution in [2.75, 3.05) is 13.1 Å². The summed E-state index contributed by atoms with van der Waals surface area (Å²) < 4.78 is 4.40. The van der Waals surface area contributed by atoms with Crippen molar-refractivity contribution >= 4 is 22.5 Å². The molecule has 1 aliphatic heterocycles. The van der Waals surface area contributed by atoms with Crippen LogP contribution in [-0.4, -0.2) is 44.7 Å². The fourth-order valence-corrected chi connectivity index (χ4v) is 5.45. The van der Waals surface area contributed by atoms with Crippen LogP contribution >= 0.6 is 0 Å². The van der Waals surface area contributed by atoms with Gasteiger partial charge in [0, 0.05) is 13.1 Å². The fraction of sp³-hybridized carbons (Fsp3) is 0.917. The van der Waals surface area contributed by atoms with Crippen LogP contribution in [0.15, 0.2) is 0 Å². The van der Waals surface area contributed by atoms with Crippen molar-refractivity contribution in [2.24, 2.45) is 0 Å². The van der Waals surface area contributed by atoms with Gasteiger partial charge in [0.25, 0.3) is 0 Å². The van der Waals surface area contributed by atoms with Crippen LogP contribution in [0.5, 0.6) is 0 Å². The van der Waals surface area contributed by atoms with E-state index < -0.39 is 16.5 Å². The summed E-state index contributed by atoms with van der Waals surface area (Å²) in [4.78, 5) is 12.7. The second-order valence-corrected chi connectivity index (χ2v) is 16.8. The molecule has 1 rings (SSSR count). The molecule has 17 heavy (non-hydrogen) atoms. The Labute approximate surface area is 108 Å². The maximum Gasteiger partial charge on any atom is 0.303 e. The Morgan fingerprint density at radius 2 is 1.12 bits per heavy atom. The smallest absolute Gasteiger partial charge is 0.303 e. The maximum absolute atomic E-state index is 12.7. The highest BCUT2D eigenvalue weighted by molar-refractivity contribution is 6.78. The van der Waals surface area contributed by atoms with Crippen LogP contribution in [-0.2, 0) is 0 Å². The Kier molecular flexibility index (Phi) is 4.46. The van der Waals surface area contributed by atoms with Gasteiger partial charge in [-0.3, -0.25) is 4.79 Å². The number of rotatable bonds is 2. The Bertz CT molecular complexity index is 255. The molecule has 1 fully saturated rings. The molecule has 0 aromatic carbocycles. The zero-order valence-electron chi connectivity index (χ0n) is 12.3. The summed E-state index contributed by atoms with van der Waals surface area (Å²) in [6.07, 6.45) is 3.61. The molecule has 3 nitrogen and oxygen atoms in total. The molecule has 100 valence electrons. The number of nitrogens with zero attached hydrogens (tertiary/aromatic N) is 2. The number of urea groups is 1. The third-order valence-electron chi connectivity index (χ3n) is 3.34. The molecule has 0 bridgehead atoms. The van der Waals surface area contributed by atoms with Crippen molar-refractivity contribution in [1.29, 1.82) is 0 Å². The van der Waals surface area contributed by atoms with Crippen molar-refractivity contribution in [1.82, 2.24) is 9.13 Å². The third kappa shape index (κ3) is 3.84. The molecule has 0 spiro atoms. The Morgan fingerprint density at radius 3 is 1.41 bits per heavy atom. The van der Waals surface area contributed by atoms with E-state index in [1.54, 1.807) is 0 Å². The quantitative estimate of drug-likeness (QED) is 0.705. The number of carbonyl (C=O) groups excluding carboxylic acids is 1. The van der Waals surface area contributed by atoms with E-state index in [0.717, 1.165) is 13.1 Å². The number of hydrogen-bond acceptors (Lipinski definition) is 1. The van der Waals surface area contributed by atoms with Crippen LogP contribution in [0.2, 0.25) is 39.3 Å². The van der Waals surface area contributed by atoms with Gasteiger partial charge in [-0.25, -0.2) is 0 Å². The molecule has 1 saturated heterocycles. The van der Waals surface area contributed by atoms with E-state index >= 15 is 0 Å². The first kappa shape index (κ1) is 14.8. The lowest BCUT2D eigenvalue weighted by molar-refractivity contribution is 0.194. The topological polar surface area (TPSA) is 23.6 Å². The van der Waals surface area contributed by atoms with Gasteiger partial charge >= 0.3 is 6.03 Å². The van der Waals surface area contributed by atoms with E-state index in [2.05, 4.69) is 48.4 Å². The highest BCUT2D eigenvalue weighted by atomic mass is 28.3. The van der Waals surface area contributed by atoms with E-state index in [4.69, 9.17) is 0 Å². The lowest BCUT2D eigenvalue weighted by atomic mass is 10.2. The molecule has 0 aromatic rings. The summed E-state index contributed by atoms with van der Waals surface area (Å²) in [6.45, 7) is 15.6. The molecular weight excluding hydrogens is 244 g/mol. The monoisotopic (exact) mass is 272 g/mol. The van der Waals surface area contributed by atoms with Gasteiger partial charge in [0.05, 0.1) is 0 Å². The van der Waals surface area contributed by atoms with Crippen LogP contribution < -0.4 is 0 Å². The molecule has 0 saturated carbocycles. The molecule has 0 unspecified atom stereocenters. The van der Waals surface area contributed by atoms with Crippen molar-refractivity contribution in [3.8, 4) is 0 Å². The van der Waals surface area contributed by atoms with Gasteiger partial charge in [0.15, 0.2) is 16.5 Å². The van der Waals surface area contributed by atoms with Gasteiger partial charge in [0.1, 0.15) is 0 Å². The first-order chi connectivity index (χ1) is 7.64. The first-order valence-electron chi connectivity index (χ1n) is 6.73. The largest absolute Gasteiger partial charge is 0.353 e. The predicted octanol–water partition coefficient (Wildman–Crippen LogP) is 3.56. The Balaban J connectivity index is 2.95. The molecule has 0 aromatic heterocycles. The van der Waals surface area contributed by atoms with Crippen LogP contribution in [0.3, 0.4) is 0 Å². The number of carbonyl (C=O) groups is 1. The van der Waals surface area contributed by atoms with Gasteiger partial charge in [0.2, 0.25) is 0 Å². The third-order valence-corrected chi connectivity index (χ3v) is 7.41. The van der Waals surface area contributed by atoms with Gasteiger partial charge in [-0.1, -0.05) is 39.3 Å². The highest BCUT2D eigenvalue weighted by Crippen LogP contribution is 2.21. The minimum absolute atomic E-state index is 0.322. The minimum Gasteiger partial charge on any atom is -0.353 e. The standard InChI is InChI=1S/C12H28N2OSi2/c1-16(2,3)13-10-8-7-9-11-14(12(13)15)17(4,5)6/h7-11H2,1-6H3. The predicted molar refractivity (Wildman–Crippen MR) is 79.4 cm³/mol. The Hall–Kier alpha value is -0.296. The summed E-state index contributed by atoms with van der Waals surface area (Å²) in [6, 6.07) is 0.322. The highest BCUT2D eigenvalue weighted by Gasteiger charge is 2.37. The molecule has 0 N–H and O–H groups in total. The molecule has 0 aliphatic carbocycles. The van der Waals surface area contributed by atoms with Crippen LogP contribution in [0.25, 0.3) is 0 Å². The molecule has 5 heteroatoms. The van der Waals surface area contributed by atoms with Crippen LogP contribution in [0.1, 0.15) is 19.3 Å². The molecule has 0 atom stereocenters. The minimum atomic E-state index is -1.53. The van der Waals surface area contributed by atoms with Crippen molar-refractivity contribution < 1.29 is 4.79 Å². The lowest BCUT2D eigenvalue weighted by Crippen LogP contribution is -2.61. The average molecular weight is 273 g/mol. The van der Waals surface area contributed by atoms with Crippen molar-refractivity contribution in [2.45, 2.75) is 58.5 Å². The molecule has 0 radical (unpaired) electrons. The van der Waals surface area contributed by atoms with Crippen molar-refractivity contribution in [3.05, 3.63) is 0 Å². The van der Waals surface area contributed by atoms with Crippen LogP contribution in [0.4, 0.5) is 4.79 Å². The van der Waals surface area contributed by atoms with E-state index in [0.29, 0.717) is 6.03 Å². The molecule has 1 aliphatic rings. The van der Waals surface area contributed by atoms with Crippen LogP contribution in [0, 0.1) is 0 Å². The molecule has 1 heterocycles. The van der Waals surface area contributed by atoms with Gasteiger partial charge in [-0.15, -0.1) is 0 Å². The zero-order chi connectivity index (χ0) is 13.3. The summed E-state index contributed by atoms with van der Waals surface area (Å²) in [5.41, 5.74) is 0. The van der Waals surface area contributed by atoms with E-state index in [9.17, 15) is 4.79 Å². The molecule has 2 amide bonds. The first-order valence-corrected chi connectivity index (χ1v) is 13.6. The second kappa shape index (κ2) is 5.14. The average Bonchev–Trinajstić information content (AvgIpc) is 2.07. The summed E-state index contributed by atoms with van der Waals surface area (Å²) in [7, 11) is -3.06. The summed E-state index contributed by atoms with van der Waals surface area (Å²) in [5, 5.41) is 0. The zero-order valence-corrected chi connectivity index (χ0v) is 14.3. The Morgan fingerprint density at radius 1 is 0.765 bits per heavy atom. The van der Waals surface area contributed by atoms with E-state index in [1.807, 2.05) is 0 Å². The molecular formula is C12H28N2OSi2. The van der Waals surface area contributed by atoms with E-state index in [-0.39, 0.29) is 0 Å². The van der Waals surface area contributed by atoms with Gasteiger partial charge in [-0.05, 0) is 19.3 Å². The van der Waals surface area contributed by atoms with Gasteiger partial charge in [-0.2, -0.15) is 0 Å². The SMILES string of the molecule is C[Si](C)(C)N1CCCCCN([Si](C)(C)C)C1=O.